The molecule has 0 saturated heterocycles. The molecule has 0 aliphatic heterocycles. The second-order valence-corrected chi connectivity index (χ2v) is 3.67. The molecule has 1 aromatic rings. The number of nitro benzene ring substituents is 1. The maximum Gasteiger partial charge on any atom is 0.274 e. The average Bonchev–Trinajstić information content (AvgIpc) is 2.08. The SMILES string of the molecule is Cc1c(N)cc(C(C)C)cc1[N+](=O)[O-]. The van der Waals surface area contributed by atoms with E-state index in [9.17, 15) is 10.1 Å². The van der Waals surface area contributed by atoms with Crippen LogP contribution in [0.4, 0.5) is 11.4 Å². The number of hydrogen-bond acceptors (Lipinski definition) is 3. The minimum absolute atomic E-state index is 0.105. The van der Waals surface area contributed by atoms with E-state index in [0.29, 0.717) is 11.3 Å². The molecule has 0 heterocycles. The van der Waals surface area contributed by atoms with E-state index in [1.807, 2.05) is 13.8 Å². The summed E-state index contributed by atoms with van der Waals surface area (Å²) in [5.41, 5.74) is 7.73. The lowest BCUT2D eigenvalue weighted by molar-refractivity contribution is -0.385. The zero-order chi connectivity index (χ0) is 10.9. The summed E-state index contributed by atoms with van der Waals surface area (Å²) in [5.74, 6) is 0.247. The molecule has 0 spiro atoms. The lowest BCUT2D eigenvalue weighted by Crippen LogP contribution is -2.00. The molecule has 0 aromatic heterocycles. The van der Waals surface area contributed by atoms with Crippen LogP contribution in [0.5, 0.6) is 0 Å². The molecule has 0 fully saturated rings. The number of nitrogens with zero attached hydrogens (tertiary/aromatic N) is 1. The van der Waals surface area contributed by atoms with Crippen LogP contribution in [0.25, 0.3) is 0 Å². The minimum Gasteiger partial charge on any atom is -0.398 e. The lowest BCUT2D eigenvalue weighted by Gasteiger charge is -2.08. The van der Waals surface area contributed by atoms with Crippen LogP contribution in [0, 0.1) is 17.0 Å². The summed E-state index contributed by atoms with van der Waals surface area (Å²) in [6.45, 7) is 5.62. The third-order valence-corrected chi connectivity index (χ3v) is 2.31. The van der Waals surface area contributed by atoms with Gasteiger partial charge in [-0.15, -0.1) is 0 Å². The van der Waals surface area contributed by atoms with E-state index in [1.54, 1.807) is 19.1 Å². The number of rotatable bonds is 2. The third kappa shape index (κ3) is 1.84. The summed E-state index contributed by atoms with van der Waals surface area (Å²) < 4.78 is 0. The van der Waals surface area contributed by atoms with Gasteiger partial charge in [-0.2, -0.15) is 0 Å². The van der Waals surface area contributed by atoms with Gasteiger partial charge in [-0.1, -0.05) is 13.8 Å². The first-order valence-electron chi connectivity index (χ1n) is 4.48. The highest BCUT2D eigenvalue weighted by atomic mass is 16.6. The fourth-order valence-corrected chi connectivity index (χ4v) is 1.27. The Morgan fingerprint density at radius 3 is 2.43 bits per heavy atom. The highest BCUT2D eigenvalue weighted by molar-refractivity contribution is 5.59. The molecule has 76 valence electrons. The first-order valence-corrected chi connectivity index (χ1v) is 4.48. The van der Waals surface area contributed by atoms with Crippen LogP contribution in [-0.4, -0.2) is 4.92 Å². The van der Waals surface area contributed by atoms with Gasteiger partial charge in [0.25, 0.3) is 5.69 Å². The first-order chi connectivity index (χ1) is 6.43. The quantitative estimate of drug-likeness (QED) is 0.447. The largest absolute Gasteiger partial charge is 0.398 e. The molecule has 0 saturated carbocycles. The molecule has 0 atom stereocenters. The van der Waals surface area contributed by atoms with Crippen LogP contribution < -0.4 is 5.73 Å². The smallest absolute Gasteiger partial charge is 0.274 e. The summed E-state index contributed by atoms with van der Waals surface area (Å²) in [4.78, 5) is 10.3. The Kier molecular flexibility index (Phi) is 2.74. The van der Waals surface area contributed by atoms with E-state index in [1.165, 1.54) is 0 Å². The molecule has 2 N–H and O–H groups in total. The molecule has 0 aliphatic carbocycles. The number of nitro groups is 1. The summed E-state index contributed by atoms with van der Waals surface area (Å²) in [6.07, 6.45) is 0. The minimum atomic E-state index is -0.391. The van der Waals surface area contributed by atoms with Crippen molar-refractivity contribution in [2.24, 2.45) is 0 Å². The normalized spacial score (nSPS) is 10.6. The lowest BCUT2D eigenvalue weighted by atomic mass is 9.99. The number of anilines is 1. The van der Waals surface area contributed by atoms with E-state index in [-0.39, 0.29) is 11.6 Å². The Morgan fingerprint density at radius 1 is 1.43 bits per heavy atom. The zero-order valence-corrected chi connectivity index (χ0v) is 8.57. The van der Waals surface area contributed by atoms with Crippen LogP contribution in [0.2, 0.25) is 0 Å². The van der Waals surface area contributed by atoms with Crippen LogP contribution in [0.1, 0.15) is 30.9 Å². The van der Waals surface area contributed by atoms with Gasteiger partial charge in [0.1, 0.15) is 0 Å². The maximum atomic E-state index is 10.7. The van der Waals surface area contributed by atoms with E-state index < -0.39 is 4.92 Å². The van der Waals surface area contributed by atoms with Crippen molar-refractivity contribution in [3.8, 4) is 0 Å². The van der Waals surface area contributed by atoms with Gasteiger partial charge in [-0.25, -0.2) is 0 Å². The highest BCUT2D eigenvalue weighted by Gasteiger charge is 2.15. The van der Waals surface area contributed by atoms with Gasteiger partial charge < -0.3 is 5.73 Å². The molecule has 14 heavy (non-hydrogen) atoms. The Balaban J connectivity index is 3.35. The van der Waals surface area contributed by atoms with Gasteiger partial charge >= 0.3 is 0 Å². The Morgan fingerprint density at radius 2 is 2.00 bits per heavy atom. The van der Waals surface area contributed by atoms with Crippen molar-refractivity contribution in [2.45, 2.75) is 26.7 Å². The number of nitrogen functional groups attached to an aromatic ring is 1. The van der Waals surface area contributed by atoms with Gasteiger partial charge in [0.15, 0.2) is 0 Å². The average molecular weight is 194 g/mol. The second-order valence-electron chi connectivity index (χ2n) is 3.67. The van der Waals surface area contributed by atoms with Gasteiger partial charge in [0.2, 0.25) is 0 Å². The molecular weight excluding hydrogens is 180 g/mol. The van der Waals surface area contributed by atoms with Crippen molar-refractivity contribution >= 4 is 11.4 Å². The molecule has 1 rings (SSSR count). The van der Waals surface area contributed by atoms with Crippen molar-refractivity contribution in [3.05, 3.63) is 33.4 Å². The molecule has 4 nitrogen and oxygen atoms in total. The van der Waals surface area contributed by atoms with Crippen molar-refractivity contribution in [2.75, 3.05) is 5.73 Å². The fraction of sp³-hybridized carbons (Fsp3) is 0.400. The Hall–Kier alpha value is -1.58. The summed E-state index contributed by atoms with van der Waals surface area (Å²) >= 11 is 0. The van der Waals surface area contributed by atoms with E-state index in [0.717, 1.165) is 5.56 Å². The summed E-state index contributed by atoms with van der Waals surface area (Å²) in [7, 11) is 0. The van der Waals surface area contributed by atoms with E-state index in [2.05, 4.69) is 0 Å². The molecule has 0 radical (unpaired) electrons. The van der Waals surface area contributed by atoms with E-state index >= 15 is 0 Å². The Bertz CT molecular complexity index is 373. The topological polar surface area (TPSA) is 69.2 Å². The van der Waals surface area contributed by atoms with Gasteiger partial charge in [0.05, 0.1) is 4.92 Å². The summed E-state index contributed by atoms with van der Waals surface area (Å²) in [5, 5.41) is 10.7. The Labute approximate surface area is 82.9 Å². The van der Waals surface area contributed by atoms with Crippen molar-refractivity contribution in [3.63, 3.8) is 0 Å². The molecule has 4 heteroatoms. The monoisotopic (exact) mass is 194 g/mol. The summed E-state index contributed by atoms with van der Waals surface area (Å²) in [6, 6.07) is 3.39. The standard InChI is InChI=1S/C10H14N2O2/c1-6(2)8-4-9(11)7(3)10(5-8)12(13)14/h4-6H,11H2,1-3H3. The first kappa shape index (κ1) is 10.5. The van der Waals surface area contributed by atoms with Crippen molar-refractivity contribution in [1.82, 2.24) is 0 Å². The molecule has 0 aliphatic rings. The second kappa shape index (κ2) is 3.65. The van der Waals surface area contributed by atoms with Gasteiger partial charge in [-0.3, -0.25) is 10.1 Å². The predicted molar refractivity (Wildman–Crippen MR) is 56.3 cm³/mol. The van der Waals surface area contributed by atoms with Gasteiger partial charge in [0, 0.05) is 17.3 Å². The van der Waals surface area contributed by atoms with E-state index in [4.69, 9.17) is 5.73 Å². The molecule has 0 bridgehead atoms. The van der Waals surface area contributed by atoms with Gasteiger partial charge in [-0.05, 0) is 24.5 Å². The van der Waals surface area contributed by atoms with Crippen LogP contribution >= 0.6 is 0 Å². The molecule has 0 amide bonds. The maximum absolute atomic E-state index is 10.7. The molecule has 0 unspecified atom stereocenters. The molecular formula is C10H14N2O2. The van der Waals surface area contributed by atoms with Crippen molar-refractivity contribution in [1.29, 1.82) is 0 Å². The van der Waals surface area contributed by atoms with Crippen LogP contribution in [0.15, 0.2) is 12.1 Å². The molecule has 1 aromatic carbocycles. The highest BCUT2D eigenvalue weighted by Crippen LogP contribution is 2.28. The number of hydrogen-bond donors (Lipinski definition) is 1. The number of nitrogens with two attached hydrogens (primary N) is 1. The van der Waals surface area contributed by atoms with Crippen LogP contribution in [-0.2, 0) is 0 Å². The third-order valence-electron chi connectivity index (χ3n) is 2.31. The predicted octanol–water partition coefficient (Wildman–Crippen LogP) is 2.61. The zero-order valence-electron chi connectivity index (χ0n) is 8.57. The van der Waals surface area contributed by atoms with Crippen LogP contribution in [0.3, 0.4) is 0 Å². The van der Waals surface area contributed by atoms with Crippen molar-refractivity contribution < 1.29 is 4.92 Å². The number of benzene rings is 1. The fourth-order valence-electron chi connectivity index (χ4n) is 1.27.